The van der Waals surface area contributed by atoms with Gasteiger partial charge in [0.2, 0.25) is 5.91 Å². The molecule has 27 heavy (non-hydrogen) atoms. The number of rotatable bonds is 6. The Hall–Kier alpha value is -1.92. The molecule has 1 amide bonds. The van der Waals surface area contributed by atoms with Crippen LogP contribution in [0.1, 0.15) is 42.4 Å². The van der Waals surface area contributed by atoms with Gasteiger partial charge in [-0.1, -0.05) is 18.2 Å². The largest absolute Gasteiger partial charge is 0.467 e. The zero-order valence-electron chi connectivity index (χ0n) is 16.8. The van der Waals surface area contributed by atoms with E-state index in [0.29, 0.717) is 32.4 Å². The van der Waals surface area contributed by atoms with E-state index in [1.165, 1.54) is 7.11 Å². The van der Waals surface area contributed by atoms with Crippen LogP contribution in [0.4, 0.5) is 0 Å². The summed E-state index contributed by atoms with van der Waals surface area (Å²) >= 11 is 0. The van der Waals surface area contributed by atoms with Crippen LogP contribution in [-0.4, -0.2) is 60.7 Å². The summed E-state index contributed by atoms with van der Waals surface area (Å²) in [5.41, 5.74) is 2.39. The lowest BCUT2D eigenvalue weighted by Crippen LogP contribution is -2.63. The van der Waals surface area contributed by atoms with E-state index in [1.807, 2.05) is 42.0 Å². The second-order valence-electron chi connectivity index (χ2n) is 7.68. The lowest BCUT2D eigenvalue weighted by Gasteiger charge is -2.46. The van der Waals surface area contributed by atoms with Gasteiger partial charge in [-0.3, -0.25) is 4.79 Å². The molecule has 1 aromatic carbocycles. The third-order valence-corrected chi connectivity index (χ3v) is 5.99. The van der Waals surface area contributed by atoms with Crippen LogP contribution in [0.3, 0.4) is 0 Å². The summed E-state index contributed by atoms with van der Waals surface area (Å²) in [5, 5.41) is 1.84. The normalized spacial score (nSPS) is 19.6. The fourth-order valence-corrected chi connectivity index (χ4v) is 4.26. The summed E-state index contributed by atoms with van der Waals surface area (Å²) in [4.78, 5) is 33.5. The molecule has 3 rings (SSSR count). The second kappa shape index (κ2) is 7.98. The molecule has 0 unspecified atom stereocenters. The summed E-state index contributed by atoms with van der Waals surface area (Å²) in [5.74, 6) is -0.286. The average molecular weight is 374 g/mol. The number of hydroxylamine groups is 2. The molecule has 0 radical (unpaired) electrons. The van der Waals surface area contributed by atoms with E-state index in [4.69, 9.17) is 9.57 Å². The van der Waals surface area contributed by atoms with Crippen molar-refractivity contribution < 1.29 is 19.2 Å². The Morgan fingerprint density at radius 2 is 1.74 bits per heavy atom. The lowest BCUT2D eigenvalue weighted by molar-refractivity contribution is -0.186. The SMILES string of the molecule is COC(=O)C1(N(C(=O)Cc2c(C)cccc2C)C2CC2)CCN(OC)CC1. The third kappa shape index (κ3) is 3.87. The van der Waals surface area contributed by atoms with Gasteiger partial charge in [-0.25, -0.2) is 4.79 Å². The summed E-state index contributed by atoms with van der Waals surface area (Å²) in [6.07, 6.45) is 3.28. The van der Waals surface area contributed by atoms with Crippen molar-refractivity contribution in [2.45, 2.75) is 57.5 Å². The van der Waals surface area contributed by atoms with Crippen molar-refractivity contribution in [1.29, 1.82) is 0 Å². The predicted octanol–water partition coefficient (Wildman–Crippen LogP) is 2.41. The molecule has 0 spiro atoms. The summed E-state index contributed by atoms with van der Waals surface area (Å²) in [6, 6.07) is 6.21. The number of carbonyl (C=O) groups is 2. The van der Waals surface area contributed by atoms with Gasteiger partial charge in [0, 0.05) is 19.1 Å². The highest BCUT2D eigenvalue weighted by Crippen LogP contribution is 2.40. The number of aryl methyl sites for hydroxylation is 2. The summed E-state index contributed by atoms with van der Waals surface area (Å²) in [6.45, 7) is 5.27. The van der Waals surface area contributed by atoms with Crippen LogP contribution in [0.25, 0.3) is 0 Å². The van der Waals surface area contributed by atoms with E-state index in [1.54, 1.807) is 7.11 Å². The van der Waals surface area contributed by atoms with Crippen molar-refractivity contribution in [2.75, 3.05) is 27.3 Å². The molecule has 1 aromatic rings. The standard InChI is InChI=1S/C21H30N2O4/c1-15-6-5-7-16(2)18(15)14-19(24)23(17-8-9-17)21(20(25)26-3)10-12-22(27-4)13-11-21/h5-7,17H,8-14H2,1-4H3. The molecule has 1 heterocycles. The fourth-order valence-electron chi connectivity index (χ4n) is 4.26. The number of ether oxygens (including phenoxy) is 1. The molecular weight excluding hydrogens is 344 g/mol. The van der Waals surface area contributed by atoms with Crippen LogP contribution < -0.4 is 0 Å². The Balaban J connectivity index is 1.90. The van der Waals surface area contributed by atoms with Crippen molar-refractivity contribution in [3.05, 3.63) is 34.9 Å². The van der Waals surface area contributed by atoms with Crippen LogP contribution in [0, 0.1) is 13.8 Å². The van der Waals surface area contributed by atoms with E-state index in [9.17, 15) is 9.59 Å². The van der Waals surface area contributed by atoms with Crippen molar-refractivity contribution in [3.63, 3.8) is 0 Å². The Bertz CT molecular complexity index is 686. The van der Waals surface area contributed by atoms with Crippen LogP contribution in [0.15, 0.2) is 18.2 Å². The van der Waals surface area contributed by atoms with Gasteiger partial charge in [0.1, 0.15) is 5.54 Å². The highest BCUT2D eigenvalue weighted by Gasteiger charge is 2.54. The maximum Gasteiger partial charge on any atom is 0.331 e. The molecule has 1 aliphatic heterocycles. The van der Waals surface area contributed by atoms with Gasteiger partial charge in [-0.05, 0) is 56.2 Å². The van der Waals surface area contributed by atoms with Crippen molar-refractivity contribution in [3.8, 4) is 0 Å². The van der Waals surface area contributed by atoms with Gasteiger partial charge in [-0.15, -0.1) is 0 Å². The maximum absolute atomic E-state index is 13.4. The first-order chi connectivity index (χ1) is 12.9. The molecule has 6 nitrogen and oxygen atoms in total. The van der Waals surface area contributed by atoms with Crippen LogP contribution >= 0.6 is 0 Å². The van der Waals surface area contributed by atoms with Gasteiger partial charge in [-0.2, -0.15) is 5.06 Å². The number of hydrogen-bond donors (Lipinski definition) is 0. The van der Waals surface area contributed by atoms with E-state index in [-0.39, 0.29) is 17.9 Å². The number of hydrogen-bond acceptors (Lipinski definition) is 5. The maximum atomic E-state index is 13.4. The van der Waals surface area contributed by atoms with E-state index >= 15 is 0 Å². The Morgan fingerprint density at radius 1 is 1.15 bits per heavy atom. The molecule has 1 aliphatic carbocycles. The smallest absolute Gasteiger partial charge is 0.331 e. The highest BCUT2D eigenvalue weighted by molar-refractivity contribution is 5.90. The predicted molar refractivity (Wildman–Crippen MR) is 102 cm³/mol. The molecule has 2 fully saturated rings. The number of methoxy groups -OCH3 is 1. The number of piperidine rings is 1. The van der Waals surface area contributed by atoms with Gasteiger partial charge in [0.05, 0.1) is 20.6 Å². The minimum absolute atomic E-state index is 0.0196. The van der Waals surface area contributed by atoms with Crippen molar-refractivity contribution in [2.24, 2.45) is 0 Å². The van der Waals surface area contributed by atoms with Gasteiger partial charge >= 0.3 is 5.97 Å². The molecule has 0 N–H and O–H groups in total. The molecule has 6 heteroatoms. The molecule has 148 valence electrons. The molecular formula is C21H30N2O4. The Labute approximate surface area is 161 Å². The van der Waals surface area contributed by atoms with Crippen LogP contribution in [-0.2, 0) is 25.6 Å². The minimum Gasteiger partial charge on any atom is -0.467 e. The number of amides is 1. The highest BCUT2D eigenvalue weighted by atomic mass is 16.7. The zero-order valence-corrected chi connectivity index (χ0v) is 16.8. The van der Waals surface area contributed by atoms with E-state index < -0.39 is 5.54 Å². The number of carbonyl (C=O) groups excluding carboxylic acids is 2. The van der Waals surface area contributed by atoms with Crippen molar-refractivity contribution >= 4 is 11.9 Å². The topological polar surface area (TPSA) is 59.1 Å². The lowest BCUT2D eigenvalue weighted by atomic mass is 9.85. The Kier molecular flexibility index (Phi) is 5.86. The average Bonchev–Trinajstić information content (AvgIpc) is 3.49. The van der Waals surface area contributed by atoms with E-state index in [0.717, 1.165) is 29.5 Å². The number of benzene rings is 1. The minimum atomic E-state index is -0.890. The summed E-state index contributed by atoms with van der Waals surface area (Å²) in [7, 11) is 3.05. The zero-order chi connectivity index (χ0) is 19.6. The van der Waals surface area contributed by atoms with Gasteiger partial charge < -0.3 is 14.5 Å². The molecule has 0 bridgehead atoms. The monoisotopic (exact) mass is 374 g/mol. The molecule has 2 aliphatic rings. The first kappa shape index (κ1) is 19.8. The van der Waals surface area contributed by atoms with E-state index in [2.05, 4.69) is 0 Å². The number of nitrogens with zero attached hydrogens (tertiary/aromatic N) is 2. The molecule has 1 saturated carbocycles. The van der Waals surface area contributed by atoms with Gasteiger partial charge in [0.25, 0.3) is 0 Å². The first-order valence-corrected chi connectivity index (χ1v) is 9.67. The molecule has 0 atom stereocenters. The van der Waals surface area contributed by atoms with Crippen LogP contribution in [0.5, 0.6) is 0 Å². The quantitative estimate of drug-likeness (QED) is 0.716. The third-order valence-electron chi connectivity index (χ3n) is 5.99. The van der Waals surface area contributed by atoms with Gasteiger partial charge in [0.15, 0.2) is 0 Å². The Morgan fingerprint density at radius 3 is 2.22 bits per heavy atom. The fraction of sp³-hybridized carbons (Fsp3) is 0.619. The first-order valence-electron chi connectivity index (χ1n) is 9.67. The van der Waals surface area contributed by atoms with Crippen molar-refractivity contribution in [1.82, 2.24) is 9.96 Å². The van der Waals surface area contributed by atoms with Crippen LogP contribution in [0.2, 0.25) is 0 Å². The molecule has 0 aromatic heterocycles. The second-order valence-corrected chi connectivity index (χ2v) is 7.68. The summed E-state index contributed by atoms with van der Waals surface area (Å²) < 4.78 is 5.18. The number of esters is 1. The molecule has 1 saturated heterocycles.